The van der Waals surface area contributed by atoms with Crippen LogP contribution in [0.25, 0.3) is 11.0 Å². The van der Waals surface area contributed by atoms with Gasteiger partial charge in [0.1, 0.15) is 11.4 Å². The Bertz CT molecular complexity index is 867. The summed E-state index contributed by atoms with van der Waals surface area (Å²) in [6.45, 7) is 2.28. The van der Waals surface area contributed by atoms with Crippen LogP contribution in [0, 0.1) is 0 Å². The number of anilines is 1. The molecule has 3 aromatic rings. The summed E-state index contributed by atoms with van der Waals surface area (Å²) in [6.07, 6.45) is 4.00. The zero-order chi connectivity index (χ0) is 15.8. The van der Waals surface area contributed by atoms with Crippen molar-refractivity contribution in [2.45, 2.75) is 25.9 Å². The molecule has 4 rings (SSSR count). The molecule has 4 heterocycles. The fourth-order valence-electron chi connectivity index (χ4n) is 3.00. The maximum absolute atomic E-state index is 10.7. The van der Waals surface area contributed by atoms with Crippen LogP contribution < -0.4 is 4.90 Å². The van der Waals surface area contributed by atoms with Gasteiger partial charge in [0.15, 0.2) is 0 Å². The van der Waals surface area contributed by atoms with Crippen LogP contribution in [-0.2, 0) is 24.3 Å². The predicted octanol–water partition coefficient (Wildman–Crippen LogP) is 2.06. The van der Waals surface area contributed by atoms with E-state index < -0.39 is 5.97 Å². The Morgan fingerprint density at radius 2 is 2.26 bits per heavy atom. The molecular formula is C16H16N4O3. The summed E-state index contributed by atoms with van der Waals surface area (Å²) in [5, 5.41) is 14.3. The molecule has 0 spiro atoms. The highest BCUT2D eigenvalue weighted by molar-refractivity contribution is 5.88. The van der Waals surface area contributed by atoms with Gasteiger partial charge in [0, 0.05) is 19.2 Å². The second kappa shape index (κ2) is 5.42. The maximum Gasteiger partial charge on any atom is 0.303 e. The minimum Gasteiger partial charge on any atom is -0.481 e. The summed E-state index contributed by atoms with van der Waals surface area (Å²) in [4.78, 5) is 17.4. The molecule has 0 unspecified atom stereocenters. The number of aromatic nitrogens is 3. The summed E-state index contributed by atoms with van der Waals surface area (Å²) in [6, 6.07) is 5.78. The molecule has 1 N–H and O–H groups in total. The first-order valence-corrected chi connectivity index (χ1v) is 7.55. The largest absolute Gasteiger partial charge is 0.481 e. The molecule has 118 valence electrons. The average molecular weight is 312 g/mol. The van der Waals surface area contributed by atoms with Gasteiger partial charge >= 0.3 is 5.97 Å². The van der Waals surface area contributed by atoms with Crippen molar-refractivity contribution in [1.29, 1.82) is 0 Å². The van der Waals surface area contributed by atoms with Crippen LogP contribution in [0.5, 0.6) is 0 Å². The summed E-state index contributed by atoms with van der Waals surface area (Å²) < 4.78 is 7.40. The minimum absolute atomic E-state index is 0.107. The van der Waals surface area contributed by atoms with Crippen LogP contribution in [0.15, 0.2) is 35.1 Å². The summed E-state index contributed by atoms with van der Waals surface area (Å²) in [7, 11) is 0. The molecule has 7 heteroatoms. The van der Waals surface area contributed by atoms with Gasteiger partial charge in [-0.15, -0.1) is 0 Å². The topological polar surface area (TPSA) is 84.4 Å². The number of rotatable bonds is 4. The zero-order valence-electron chi connectivity index (χ0n) is 12.5. The van der Waals surface area contributed by atoms with Crippen molar-refractivity contribution in [1.82, 2.24) is 14.8 Å². The molecule has 0 saturated carbocycles. The highest BCUT2D eigenvalue weighted by Gasteiger charge is 2.21. The molecule has 1 aliphatic rings. The molecular weight excluding hydrogens is 296 g/mol. The number of carboxylic acid groups (broad SMARTS) is 1. The monoisotopic (exact) mass is 312 g/mol. The number of carboxylic acids is 1. The number of aliphatic carboxylic acids is 1. The van der Waals surface area contributed by atoms with Gasteiger partial charge in [-0.3, -0.25) is 9.48 Å². The van der Waals surface area contributed by atoms with E-state index in [2.05, 4.69) is 15.0 Å². The van der Waals surface area contributed by atoms with Crippen LogP contribution in [0.1, 0.15) is 17.8 Å². The van der Waals surface area contributed by atoms with Gasteiger partial charge < -0.3 is 14.4 Å². The molecule has 0 amide bonds. The lowest BCUT2D eigenvalue weighted by atomic mass is 10.2. The van der Waals surface area contributed by atoms with E-state index in [4.69, 9.17) is 9.52 Å². The van der Waals surface area contributed by atoms with Crippen molar-refractivity contribution >= 4 is 22.8 Å². The Balaban J connectivity index is 1.59. The number of furan rings is 1. The van der Waals surface area contributed by atoms with Gasteiger partial charge in [0.2, 0.25) is 0 Å². The Hall–Kier alpha value is -2.83. The second-order valence-corrected chi connectivity index (χ2v) is 5.63. The first kappa shape index (κ1) is 13.8. The number of hydrogen-bond donors (Lipinski definition) is 1. The molecule has 23 heavy (non-hydrogen) atoms. The van der Waals surface area contributed by atoms with E-state index in [-0.39, 0.29) is 6.42 Å². The number of fused-ring (bicyclic) bond motifs is 2. The summed E-state index contributed by atoms with van der Waals surface area (Å²) in [5.74, 6) is 0.115. The fraction of sp³-hybridized carbons (Fsp3) is 0.312. The van der Waals surface area contributed by atoms with Crippen LogP contribution in [0.2, 0.25) is 0 Å². The molecule has 0 aliphatic carbocycles. The number of carbonyl (C=O) groups is 1. The highest BCUT2D eigenvalue weighted by atomic mass is 16.4. The molecule has 1 aliphatic heterocycles. The Labute approximate surface area is 132 Å². The highest BCUT2D eigenvalue weighted by Crippen LogP contribution is 2.28. The Morgan fingerprint density at radius 3 is 3.13 bits per heavy atom. The second-order valence-electron chi connectivity index (χ2n) is 5.63. The van der Waals surface area contributed by atoms with Crippen molar-refractivity contribution in [3.8, 4) is 0 Å². The SMILES string of the molecule is O=C(O)CCc1cc2n(n1)CCN(c1nccc3occc13)C2. The van der Waals surface area contributed by atoms with Crippen LogP contribution in [-0.4, -0.2) is 32.4 Å². The average Bonchev–Trinajstić information content (AvgIpc) is 3.17. The van der Waals surface area contributed by atoms with E-state index in [1.165, 1.54) is 0 Å². The molecule has 0 radical (unpaired) electrons. The molecule has 0 fully saturated rings. The fourth-order valence-corrected chi connectivity index (χ4v) is 3.00. The predicted molar refractivity (Wildman–Crippen MR) is 83.2 cm³/mol. The standard InChI is InChI=1S/C16H16N4O3/c21-15(22)2-1-11-9-12-10-19(6-7-20(12)18-11)16-13-4-8-23-14(13)3-5-17-16/h3-5,8-9H,1-2,6-7,10H2,(H,21,22). The molecule has 3 aromatic heterocycles. The van der Waals surface area contributed by atoms with Crippen molar-refractivity contribution in [3.05, 3.63) is 42.0 Å². The van der Waals surface area contributed by atoms with Crippen LogP contribution in [0.4, 0.5) is 5.82 Å². The van der Waals surface area contributed by atoms with Crippen molar-refractivity contribution in [3.63, 3.8) is 0 Å². The van der Waals surface area contributed by atoms with Crippen molar-refractivity contribution < 1.29 is 14.3 Å². The smallest absolute Gasteiger partial charge is 0.303 e. The van der Waals surface area contributed by atoms with Gasteiger partial charge in [-0.25, -0.2) is 4.98 Å². The van der Waals surface area contributed by atoms with Crippen molar-refractivity contribution in [2.24, 2.45) is 0 Å². The van der Waals surface area contributed by atoms with Crippen molar-refractivity contribution in [2.75, 3.05) is 11.4 Å². The number of aryl methyl sites for hydroxylation is 1. The third kappa shape index (κ3) is 2.54. The summed E-state index contributed by atoms with van der Waals surface area (Å²) in [5.41, 5.74) is 2.74. The molecule has 0 atom stereocenters. The van der Waals surface area contributed by atoms with E-state index >= 15 is 0 Å². The number of pyridine rings is 1. The van der Waals surface area contributed by atoms with Gasteiger partial charge in [0.05, 0.1) is 42.5 Å². The number of nitrogens with zero attached hydrogens (tertiary/aromatic N) is 4. The molecule has 0 bridgehead atoms. The lowest BCUT2D eigenvalue weighted by Crippen LogP contribution is -2.34. The van der Waals surface area contributed by atoms with E-state index in [1.54, 1.807) is 12.5 Å². The summed E-state index contributed by atoms with van der Waals surface area (Å²) >= 11 is 0. The number of hydrogen-bond acceptors (Lipinski definition) is 5. The third-order valence-corrected chi connectivity index (χ3v) is 4.10. The maximum atomic E-state index is 10.7. The van der Waals surface area contributed by atoms with E-state index in [9.17, 15) is 4.79 Å². The van der Waals surface area contributed by atoms with Crippen LogP contribution in [0.3, 0.4) is 0 Å². The van der Waals surface area contributed by atoms with E-state index in [1.807, 2.05) is 22.9 Å². The van der Waals surface area contributed by atoms with Gasteiger partial charge in [-0.2, -0.15) is 5.10 Å². The lowest BCUT2D eigenvalue weighted by Gasteiger charge is -2.28. The lowest BCUT2D eigenvalue weighted by molar-refractivity contribution is -0.136. The van der Waals surface area contributed by atoms with E-state index in [0.29, 0.717) is 13.0 Å². The van der Waals surface area contributed by atoms with E-state index in [0.717, 1.165) is 41.3 Å². The van der Waals surface area contributed by atoms with Gasteiger partial charge in [-0.05, 0) is 18.2 Å². The van der Waals surface area contributed by atoms with Gasteiger partial charge in [-0.1, -0.05) is 0 Å². The first-order valence-electron chi connectivity index (χ1n) is 7.55. The molecule has 0 saturated heterocycles. The molecule has 0 aromatic carbocycles. The van der Waals surface area contributed by atoms with Gasteiger partial charge in [0.25, 0.3) is 0 Å². The van der Waals surface area contributed by atoms with Crippen LogP contribution >= 0.6 is 0 Å². The normalized spacial score (nSPS) is 14.2. The first-order chi connectivity index (χ1) is 11.2. The Kier molecular flexibility index (Phi) is 3.25. The Morgan fingerprint density at radius 1 is 1.35 bits per heavy atom. The molecule has 7 nitrogen and oxygen atoms in total. The zero-order valence-corrected chi connectivity index (χ0v) is 12.5. The quantitative estimate of drug-likeness (QED) is 0.794. The minimum atomic E-state index is -0.798. The third-order valence-electron chi connectivity index (χ3n) is 4.10.